The van der Waals surface area contributed by atoms with E-state index in [1.807, 2.05) is 13.8 Å². The lowest BCUT2D eigenvalue weighted by molar-refractivity contribution is -0.153. The molecular weight excluding hydrogens is 392 g/mol. The summed E-state index contributed by atoms with van der Waals surface area (Å²) in [6, 6.07) is 12.8. The molecule has 1 unspecified atom stereocenters. The molecule has 30 heavy (non-hydrogen) atoms. The Bertz CT molecular complexity index is 915. The number of ether oxygens (including phenoxy) is 2. The molecule has 0 aliphatic heterocycles. The molecule has 0 aliphatic rings. The average molecular weight is 414 g/mol. The predicted octanol–water partition coefficient (Wildman–Crippen LogP) is 2.86. The summed E-state index contributed by atoms with van der Waals surface area (Å²) < 4.78 is 10.4. The van der Waals surface area contributed by atoms with Crippen molar-refractivity contribution in [1.82, 2.24) is 0 Å². The molecule has 0 spiro atoms. The van der Waals surface area contributed by atoms with Crippen LogP contribution in [0.25, 0.3) is 0 Å². The van der Waals surface area contributed by atoms with E-state index in [1.165, 1.54) is 24.3 Å². The Balaban J connectivity index is 2.18. The van der Waals surface area contributed by atoms with Gasteiger partial charge in [0.2, 0.25) is 0 Å². The minimum absolute atomic E-state index is 0.162. The Labute approximate surface area is 173 Å². The molecule has 2 atom stereocenters. The summed E-state index contributed by atoms with van der Waals surface area (Å²) in [6.07, 6.45) is -2.29. The number of carboxylic acids is 2. The highest BCUT2D eigenvalue weighted by molar-refractivity contribution is 5.90. The maximum atomic E-state index is 12.4. The number of benzene rings is 2. The minimum Gasteiger partial charge on any atom is -0.481 e. The van der Waals surface area contributed by atoms with Crippen molar-refractivity contribution in [3.8, 4) is 0 Å². The Kier molecular flexibility index (Phi) is 7.69. The van der Waals surface area contributed by atoms with Crippen molar-refractivity contribution in [1.29, 1.82) is 0 Å². The molecule has 2 aromatic rings. The fraction of sp³-hybridized carbons (Fsp3) is 0.273. The van der Waals surface area contributed by atoms with Gasteiger partial charge < -0.3 is 19.7 Å². The van der Waals surface area contributed by atoms with Gasteiger partial charge in [0.15, 0.2) is 0 Å². The van der Waals surface area contributed by atoms with Crippen molar-refractivity contribution in [3.05, 3.63) is 70.8 Å². The molecule has 0 bridgehead atoms. The van der Waals surface area contributed by atoms with Crippen LogP contribution in [0, 0.1) is 19.8 Å². The van der Waals surface area contributed by atoms with Crippen LogP contribution in [0.1, 0.15) is 38.3 Å². The Morgan fingerprint density at radius 3 is 1.70 bits per heavy atom. The predicted molar refractivity (Wildman–Crippen MR) is 105 cm³/mol. The molecule has 2 aromatic carbocycles. The molecule has 0 heterocycles. The number of rotatable bonds is 9. The molecule has 0 fully saturated rings. The lowest BCUT2D eigenvalue weighted by atomic mass is 9.99. The SMILES string of the molecule is Cc1ccc(C(=O)OCC(OC(=O)c2ccc(C)cc2)[C@@H](CC(=O)O)C(=O)O)cc1. The molecule has 0 radical (unpaired) electrons. The second-order valence-corrected chi connectivity index (χ2v) is 6.82. The lowest BCUT2D eigenvalue weighted by Crippen LogP contribution is -2.38. The lowest BCUT2D eigenvalue weighted by Gasteiger charge is -2.23. The molecule has 2 N–H and O–H groups in total. The van der Waals surface area contributed by atoms with E-state index in [0.29, 0.717) is 0 Å². The van der Waals surface area contributed by atoms with Crippen LogP contribution in [0.2, 0.25) is 0 Å². The second-order valence-electron chi connectivity index (χ2n) is 6.82. The summed E-state index contributed by atoms with van der Waals surface area (Å²) in [5, 5.41) is 18.5. The van der Waals surface area contributed by atoms with Crippen molar-refractivity contribution in [2.45, 2.75) is 26.4 Å². The minimum atomic E-state index is -1.59. The first kappa shape index (κ1) is 22.6. The van der Waals surface area contributed by atoms with E-state index in [2.05, 4.69) is 0 Å². The number of esters is 2. The van der Waals surface area contributed by atoms with E-state index in [9.17, 15) is 24.3 Å². The number of aliphatic carboxylic acids is 2. The summed E-state index contributed by atoms with van der Waals surface area (Å²) in [5.74, 6) is -6.05. The van der Waals surface area contributed by atoms with E-state index >= 15 is 0 Å². The highest BCUT2D eigenvalue weighted by Crippen LogP contribution is 2.18. The molecule has 0 saturated carbocycles. The molecule has 8 heteroatoms. The Morgan fingerprint density at radius 2 is 1.27 bits per heavy atom. The van der Waals surface area contributed by atoms with E-state index < -0.39 is 48.9 Å². The van der Waals surface area contributed by atoms with Gasteiger partial charge in [-0.15, -0.1) is 0 Å². The van der Waals surface area contributed by atoms with Gasteiger partial charge in [0, 0.05) is 0 Å². The summed E-state index contributed by atoms with van der Waals surface area (Å²) >= 11 is 0. The highest BCUT2D eigenvalue weighted by atomic mass is 16.6. The zero-order chi connectivity index (χ0) is 22.3. The molecule has 0 saturated heterocycles. The van der Waals surface area contributed by atoms with Crippen LogP contribution in [0.15, 0.2) is 48.5 Å². The van der Waals surface area contributed by atoms with Crippen molar-refractivity contribution in [2.75, 3.05) is 6.61 Å². The monoisotopic (exact) mass is 414 g/mol. The normalized spacial score (nSPS) is 12.5. The number of hydrogen-bond acceptors (Lipinski definition) is 6. The number of carboxylic acid groups (broad SMARTS) is 2. The molecule has 0 aliphatic carbocycles. The van der Waals surface area contributed by atoms with Gasteiger partial charge in [-0.05, 0) is 38.1 Å². The first-order valence-electron chi connectivity index (χ1n) is 9.13. The van der Waals surface area contributed by atoms with Crippen molar-refractivity contribution < 1.29 is 38.9 Å². The quantitative estimate of drug-likeness (QED) is 0.600. The summed E-state index contributed by atoms with van der Waals surface area (Å²) in [6.45, 7) is 3.07. The largest absolute Gasteiger partial charge is 0.481 e. The fourth-order valence-corrected chi connectivity index (χ4v) is 2.62. The zero-order valence-corrected chi connectivity index (χ0v) is 16.5. The van der Waals surface area contributed by atoms with Gasteiger partial charge in [-0.1, -0.05) is 35.4 Å². The number of carbonyl (C=O) groups is 4. The third-order valence-corrected chi connectivity index (χ3v) is 4.37. The van der Waals surface area contributed by atoms with Crippen molar-refractivity contribution in [3.63, 3.8) is 0 Å². The van der Waals surface area contributed by atoms with Gasteiger partial charge in [0.05, 0.1) is 17.5 Å². The van der Waals surface area contributed by atoms with E-state index in [1.54, 1.807) is 24.3 Å². The van der Waals surface area contributed by atoms with Crippen LogP contribution < -0.4 is 0 Å². The molecule has 2 rings (SSSR count). The van der Waals surface area contributed by atoms with Gasteiger partial charge in [-0.3, -0.25) is 9.59 Å². The van der Waals surface area contributed by atoms with Crippen molar-refractivity contribution in [2.24, 2.45) is 5.92 Å². The van der Waals surface area contributed by atoms with Crippen LogP contribution in [0.5, 0.6) is 0 Å². The second kappa shape index (κ2) is 10.2. The maximum absolute atomic E-state index is 12.4. The summed E-state index contributed by atoms with van der Waals surface area (Å²) in [5.41, 5.74) is 2.23. The Hall–Kier alpha value is -3.68. The van der Waals surface area contributed by atoms with Crippen LogP contribution >= 0.6 is 0 Å². The first-order valence-corrected chi connectivity index (χ1v) is 9.13. The maximum Gasteiger partial charge on any atom is 0.338 e. The van der Waals surface area contributed by atoms with Crippen molar-refractivity contribution >= 4 is 23.9 Å². The standard InChI is InChI=1S/C22H22O8/c1-13-3-7-15(8-4-13)21(27)29-12-18(17(20(25)26)11-19(23)24)30-22(28)16-9-5-14(2)6-10-16/h3-10,17-18H,11-12H2,1-2H3,(H,23,24)(H,25,26)/t17-,18?/m1/s1. The summed E-state index contributed by atoms with van der Waals surface area (Å²) in [7, 11) is 0. The van der Waals surface area contributed by atoms with E-state index in [4.69, 9.17) is 14.6 Å². The Morgan fingerprint density at radius 1 is 0.800 bits per heavy atom. The average Bonchev–Trinajstić information content (AvgIpc) is 2.69. The van der Waals surface area contributed by atoms with Crippen LogP contribution in [0.4, 0.5) is 0 Å². The highest BCUT2D eigenvalue weighted by Gasteiger charge is 2.35. The zero-order valence-electron chi connectivity index (χ0n) is 16.5. The van der Waals surface area contributed by atoms with Crippen LogP contribution in [-0.4, -0.2) is 46.8 Å². The number of hydrogen-bond donors (Lipinski definition) is 2. The smallest absolute Gasteiger partial charge is 0.338 e. The van der Waals surface area contributed by atoms with Gasteiger partial charge >= 0.3 is 23.9 Å². The third kappa shape index (κ3) is 6.44. The first-order chi connectivity index (χ1) is 14.2. The van der Waals surface area contributed by atoms with Gasteiger partial charge in [-0.2, -0.15) is 0 Å². The van der Waals surface area contributed by atoms with E-state index in [-0.39, 0.29) is 11.1 Å². The molecule has 0 aromatic heterocycles. The van der Waals surface area contributed by atoms with Gasteiger partial charge in [0.25, 0.3) is 0 Å². The molecule has 0 amide bonds. The third-order valence-electron chi connectivity index (χ3n) is 4.37. The molecular formula is C22H22O8. The number of aryl methyl sites for hydroxylation is 2. The fourth-order valence-electron chi connectivity index (χ4n) is 2.62. The molecule has 8 nitrogen and oxygen atoms in total. The topological polar surface area (TPSA) is 127 Å². The van der Waals surface area contributed by atoms with Crippen LogP contribution in [-0.2, 0) is 19.1 Å². The number of carbonyl (C=O) groups excluding carboxylic acids is 2. The van der Waals surface area contributed by atoms with Gasteiger partial charge in [-0.25, -0.2) is 9.59 Å². The van der Waals surface area contributed by atoms with Gasteiger partial charge in [0.1, 0.15) is 18.6 Å². The summed E-state index contributed by atoms with van der Waals surface area (Å²) in [4.78, 5) is 47.4. The van der Waals surface area contributed by atoms with E-state index in [0.717, 1.165) is 11.1 Å². The van der Waals surface area contributed by atoms with Crippen LogP contribution in [0.3, 0.4) is 0 Å². The molecule has 158 valence electrons.